The van der Waals surface area contributed by atoms with Gasteiger partial charge in [-0.05, 0) is 26.6 Å². The van der Waals surface area contributed by atoms with E-state index in [-0.39, 0.29) is 5.91 Å². The van der Waals surface area contributed by atoms with Gasteiger partial charge in [-0.1, -0.05) is 0 Å². The first-order chi connectivity index (χ1) is 8.60. The van der Waals surface area contributed by atoms with Crippen molar-refractivity contribution in [2.24, 2.45) is 5.84 Å². The normalized spacial score (nSPS) is 20.6. The molecular weight excluding hydrogens is 232 g/mol. The van der Waals surface area contributed by atoms with Gasteiger partial charge in [0, 0.05) is 19.1 Å². The number of hydrazine groups is 1. The minimum absolute atomic E-state index is 0.322. The minimum atomic E-state index is -0.322. The number of hydrogen-bond donors (Lipinski definition) is 2. The Labute approximate surface area is 107 Å². The van der Waals surface area contributed by atoms with Gasteiger partial charge in [-0.15, -0.1) is 0 Å². The van der Waals surface area contributed by atoms with E-state index >= 15 is 0 Å². The van der Waals surface area contributed by atoms with Gasteiger partial charge in [-0.25, -0.2) is 5.84 Å². The number of hydrogen-bond acceptors (Lipinski definition) is 5. The summed E-state index contributed by atoms with van der Waals surface area (Å²) in [5.41, 5.74) is 2.56. The molecule has 1 aromatic rings. The van der Waals surface area contributed by atoms with E-state index in [0.717, 1.165) is 25.4 Å². The fourth-order valence-corrected chi connectivity index (χ4v) is 2.26. The highest BCUT2D eigenvalue weighted by Gasteiger charge is 2.24. The lowest BCUT2D eigenvalue weighted by atomic mass is 10.2. The number of furan rings is 1. The highest BCUT2D eigenvalue weighted by atomic mass is 16.3. The monoisotopic (exact) mass is 252 g/mol. The number of nitrogens with two attached hydrogens (primary N) is 1. The second-order valence-electron chi connectivity index (χ2n) is 4.92. The van der Waals surface area contributed by atoms with Crippen molar-refractivity contribution < 1.29 is 9.21 Å². The molecule has 1 saturated heterocycles. The van der Waals surface area contributed by atoms with Crippen molar-refractivity contribution in [3.63, 3.8) is 0 Å². The van der Waals surface area contributed by atoms with Crippen molar-refractivity contribution in [2.75, 3.05) is 27.2 Å². The second-order valence-corrected chi connectivity index (χ2v) is 4.92. The number of likely N-dealkylation sites (N-methyl/N-ethyl adjacent to an activating group) is 1. The first-order valence-electron chi connectivity index (χ1n) is 6.07. The van der Waals surface area contributed by atoms with Gasteiger partial charge < -0.3 is 9.32 Å². The Morgan fingerprint density at radius 3 is 3.06 bits per heavy atom. The Morgan fingerprint density at radius 1 is 1.67 bits per heavy atom. The van der Waals surface area contributed by atoms with Gasteiger partial charge in [0.1, 0.15) is 12.0 Å². The van der Waals surface area contributed by atoms with Crippen LogP contribution in [0.5, 0.6) is 0 Å². The number of carbonyl (C=O) groups is 1. The topological polar surface area (TPSA) is 74.7 Å². The molecule has 3 N–H and O–H groups in total. The molecule has 1 aliphatic rings. The summed E-state index contributed by atoms with van der Waals surface area (Å²) >= 11 is 0. The van der Waals surface area contributed by atoms with Crippen LogP contribution in [0, 0.1) is 0 Å². The fraction of sp³-hybridized carbons (Fsp3) is 0.583. The largest absolute Gasteiger partial charge is 0.467 e. The van der Waals surface area contributed by atoms with Crippen LogP contribution in [-0.4, -0.2) is 48.9 Å². The molecular formula is C12H20N4O2. The zero-order valence-electron chi connectivity index (χ0n) is 10.8. The zero-order chi connectivity index (χ0) is 13.1. The molecule has 100 valence electrons. The van der Waals surface area contributed by atoms with E-state index in [9.17, 15) is 4.79 Å². The summed E-state index contributed by atoms with van der Waals surface area (Å²) in [5.74, 6) is 5.55. The van der Waals surface area contributed by atoms with Crippen LogP contribution >= 0.6 is 0 Å². The maximum Gasteiger partial charge on any atom is 0.268 e. The van der Waals surface area contributed by atoms with E-state index in [2.05, 4.69) is 29.3 Å². The van der Waals surface area contributed by atoms with Crippen LogP contribution in [-0.2, 0) is 6.54 Å². The van der Waals surface area contributed by atoms with Crippen LogP contribution in [0.25, 0.3) is 0 Å². The van der Waals surface area contributed by atoms with Crippen LogP contribution in [0.3, 0.4) is 0 Å². The molecule has 2 rings (SSSR count). The van der Waals surface area contributed by atoms with Gasteiger partial charge in [-0.3, -0.25) is 15.1 Å². The SMILES string of the molecule is CN(C)C1CCN(Cc2cc(C(=O)NN)co2)C1. The van der Waals surface area contributed by atoms with Crippen LogP contribution in [0.4, 0.5) is 0 Å². The molecule has 2 heterocycles. The molecule has 1 fully saturated rings. The summed E-state index contributed by atoms with van der Waals surface area (Å²) < 4.78 is 5.37. The van der Waals surface area contributed by atoms with Gasteiger partial charge in [-0.2, -0.15) is 0 Å². The molecule has 0 spiro atoms. The highest BCUT2D eigenvalue weighted by Crippen LogP contribution is 2.17. The Morgan fingerprint density at radius 2 is 2.44 bits per heavy atom. The van der Waals surface area contributed by atoms with E-state index < -0.39 is 0 Å². The predicted octanol–water partition coefficient (Wildman–Crippen LogP) is 0.0190. The van der Waals surface area contributed by atoms with E-state index in [1.807, 2.05) is 0 Å². The molecule has 0 aromatic carbocycles. The first-order valence-corrected chi connectivity index (χ1v) is 6.07. The molecule has 0 radical (unpaired) electrons. The molecule has 1 aliphatic heterocycles. The van der Waals surface area contributed by atoms with Gasteiger partial charge in [0.15, 0.2) is 0 Å². The minimum Gasteiger partial charge on any atom is -0.467 e. The highest BCUT2D eigenvalue weighted by molar-refractivity contribution is 5.93. The van der Waals surface area contributed by atoms with Gasteiger partial charge >= 0.3 is 0 Å². The van der Waals surface area contributed by atoms with Crippen LogP contribution in [0.1, 0.15) is 22.5 Å². The van der Waals surface area contributed by atoms with Crippen molar-refractivity contribution >= 4 is 5.91 Å². The number of nitrogens with zero attached hydrogens (tertiary/aromatic N) is 2. The van der Waals surface area contributed by atoms with Crippen molar-refractivity contribution in [3.05, 3.63) is 23.7 Å². The first kappa shape index (κ1) is 13.1. The third-order valence-corrected chi connectivity index (χ3v) is 3.40. The van der Waals surface area contributed by atoms with E-state index in [1.54, 1.807) is 6.07 Å². The van der Waals surface area contributed by atoms with Crippen LogP contribution < -0.4 is 11.3 Å². The summed E-state index contributed by atoms with van der Waals surface area (Å²) in [6, 6.07) is 2.34. The smallest absolute Gasteiger partial charge is 0.268 e. The Bertz CT molecular complexity index is 416. The maximum atomic E-state index is 11.3. The summed E-state index contributed by atoms with van der Waals surface area (Å²) in [5, 5.41) is 0. The number of nitrogen functional groups attached to an aromatic ring is 1. The van der Waals surface area contributed by atoms with Crippen LogP contribution in [0.2, 0.25) is 0 Å². The number of rotatable bonds is 4. The van der Waals surface area contributed by atoms with E-state index in [1.165, 1.54) is 12.7 Å². The maximum absolute atomic E-state index is 11.3. The van der Waals surface area contributed by atoms with E-state index in [0.29, 0.717) is 11.6 Å². The fourth-order valence-electron chi connectivity index (χ4n) is 2.26. The lowest BCUT2D eigenvalue weighted by molar-refractivity contribution is 0.0953. The summed E-state index contributed by atoms with van der Waals surface area (Å²) in [6.45, 7) is 2.83. The lowest BCUT2D eigenvalue weighted by Crippen LogP contribution is -2.31. The number of carbonyl (C=O) groups excluding carboxylic acids is 1. The number of likely N-dealkylation sites (tertiary alicyclic amines) is 1. The average Bonchev–Trinajstić information content (AvgIpc) is 2.98. The molecule has 6 heteroatoms. The molecule has 0 aliphatic carbocycles. The molecule has 6 nitrogen and oxygen atoms in total. The van der Waals surface area contributed by atoms with Crippen molar-refractivity contribution in [3.8, 4) is 0 Å². The van der Waals surface area contributed by atoms with Gasteiger partial charge in [0.2, 0.25) is 0 Å². The molecule has 0 saturated carbocycles. The zero-order valence-corrected chi connectivity index (χ0v) is 10.8. The number of nitrogens with one attached hydrogen (secondary N) is 1. The van der Waals surface area contributed by atoms with E-state index in [4.69, 9.17) is 10.3 Å². The van der Waals surface area contributed by atoms with Gasteiger partial charge in [0.05, 0.1) is 12.1 Å². The summed E-state index contributed by atoms with van der Waals surface area (Å²) in [6.07, 6.45) is 2.61. The standard InChI is InChI=1S/C12H20N4O2/c1-15(2)10-3-4-16(6-10)7-11-5-9(8-18-11)12(17)14-13/h5,8,10H,3-4,6-7,13H2,1-2H3,(H,14,17). The van der Waals surface area contributed by atoms with Crippen molar-refractivity contribution in [1.29, 1.82) is 0 Å². The summed E-state index contributed by atoms with van der Waals surface area (Å²) in [7, 11) is 4.20. The summed E-state index contributed by atoms with van der Waals surface area (Å²) in [4.78, 5) is 15.9. The molecule has 0 bridgehead atoms. The van der Waals surface area contributed by atoms with Crippen molar-refractivity contribution in [1.82, 2.24) is 15.2 Å². The Hall–Kier alpha value is -1.37. The van der Waals surface area contributed by atoms with Crippen molar-refractivity contribution in [2.45, 2.75) is 19.0 Å². The predicted molar refractivity (Wildman–Crippen MR) is 67.7 cm³/mol. The third-order valence-electron chi connectivity index (χ3n) is 3.40. The van der Waals surface area contributed by atoms with Gasteiger partial charge in [0.25, 0.3) is 5.91 Å². The molecule has 1 aromatic heterocycles. The quantitative estimate of drug-likeness (QED) is 0.449. The third kappa shape index (κ3) is 2.90. The average molecular weight is 252 g/mol. The molecule has 1 amide bonds. The number of amides is 1. The van der Waals surface area contributed by atoms with Crippen LogP contribution in [0.15, 0.2) is 16.7 Å². The molecule has 18 heavy (non-hydrogen) atoms. The molecule has 1 unspecified atom stereocenters. The second kappa shape index (κ2) is 5.51. The lowest BCUT2D eigenvalue weighted by Gasteiger charge is -2.19. The Balaban J connectivity index is 1.91. The molecule has 1 atom stereocenters. The Kier molecular flexibility index (Phi) is 4.00.